The van der Waals surface area contributed by atoms with Crippen LogP contribution in [-0.4, -0.2) is 61.9 Å². The molecule has 0 aromatic heterocycles. The number of hydrogen-bond donors (Lipinski definition) is 0. The lowest BCUT2D eigenvalue weighted by atomic mass is 9.78. The number of amides is 2. The van der Waals surface area contributed by atoms with Crippen molar-refractivity contribution in [2.45, 2.75) is 43.9 Å². The molecule has 0 spiro atoms. The topological polar surface area (TPSA) is 43.9 Å². The van der Waals surface area contributed by atoms with E-state index in [1.54, 1.807) is 19.0 Å². The molecule has 0 N–H and O–H groups in total. The lowest BCUT2D eigenvalue weighted by Crippen LogP contribution is -2.46. The van der Waals surface area contributed by atoms with Crippen LogP contribution in [-0.2, 0) is 10.2 Å². The number of nitrogens with zero attached hydrogens (tertiary/aromatic N) is 3. The predicted octanol–water partition coefficient (Wildman–Crippen LogP) is 5.23. The van der Waals surface area contributed by atoms with Gasteiger partial charge in [-0.1, -0.05) is 41.9 Å². The summed E-state index contributed by atoms with van der Waals surface area (Å²) in [5, 5.41) is 0.518. The SMILES string of the molecule is CN(C)C(=O)c1ccc(N2CCC(C3CCN(C(=O)C4(c5ccccc5)CC4)CC3)CC2)cc1Cl. The molecule has 35 heavy (non-hydrogen) atoms. The van der Waals surface area contributed by atoms with E-state index in [1.165, 1.54) is 18.4 Å². The van der Waals surface area contributed by atoms with Gasteiger partial charge < -0.3 is 14.7 Å². The number of hydrogen-bond acceptors (Lipinski definition) is 3. The van der Waals surface area contributed by atoms with Crippen LogP contribution in [0.15, 0.2) is 48.5 Å². The van der Waals surface area contributed by atoms with E-state index in [4.69, 9.17) is 11.6 Å². The van der Waals surface area contributed by atoms with Crippen molar-refractivity contribution < 1.29 is 9.59 Å². The molecular formula is C29H36ClN3O2. The minimum absolute atomic E-state index is 0.0681. The van der Waals surface area contributed by atoms with Gasteiger partial charge in [-0.05, 0) is 74.1 Å². The lowest BCUT2D eigenvalue weighted by Gasteiger charge is -2.41. The van der Waals surface area contributed by atoms with E-state index < -0.39 is 0 Å². The van der Waals surface area contributed by atoms with E-state index in [0.29, 0.717) is 22.4 Å². The Morgan fingerprint density at radius 2 is 1.49 bits per heavy atom. The van der Waals surface area contributed by atoms with Gasteiger partial charge >= 0.3 is 0 Å². The van der Waals surface area contributed by atoms with Crippen LogP contribution in [0.5, 0.6) is 0 Å². The predicted molar refractivity (Wildman–Crippen MR) is 141 cm³/mol. The molecule has 3 fully saturated rings. The molecule has 2 aliphatic heterocycles. The van der Waals surface area contributed by atoms with E-state index in [0.717, 1.165) is 63.5 Å². The highest BCUT2D eigenvalue weighted by Gasteiger charge is 2.53. The van der Waals surface area contributed by atoms with Crippen LogP contribution in [0.25, 0.3) is 0 Å². The molecule has 0 bridgehead atoms. The normalized spacial score (nSPS) is 20.5. The van der Waals surface area contributed by atoms with Gasteiger partial charge in [0, 0.05) is 46.0 Å². The molecule has 2 aromatic carbocycles. The molecule has 5 nitrogen and oxygen atoms in total. The summed E-state index contributed by atoms with van der Waals surface area (Å²) in [7, 11) is 3.48. The lowest BCUT2D eigenvalue weighted by molar-refractivity contribution is -0.135. The summed E-state index contributed by atoms with van der Waals surface area (Å²) < 4.78 is 0. The van der Waals surface area contributed by atoms with Gasteiger partial charge in [0.25, 0.3) is 5.91 Å². The number of rotatable bonds is 5. The highest BCUT2D eigenvalue weighted by atomic mass is 35.5. The second-order valence-electron chi connectivity index (χ2n) is 10.8. The number of piperidine rings is 2. The largest absolute Gasteiger partial charge is 0.371 e. The van der Waals surface area contributed by atoms with Gasteiger partial charge in [0.05, 0.1) is 16.0 Å². The summed E-state index contributed by atoms with van der Waals surface area (Å²) in [6.07, 6.45) is 6.55. The third-order valence-corrected chi connectivity index (χ3v) is 8.79. The van der Waals surface area contributed by atoms with Crippen molar-refractivity contribution in [3.8, 4) is 0 Å². The first-order valence-corrected chi connectivity index (χ1v) is 13.4. The first-order valence-electron chi connectivity index (χ1n) is 13.0. The second kappa shape index (κ2) is 9.85. The van der Waals surface area contributed by atoms with Crippen molar-refractivity contribution in [3.05, 3.63) is 64.7 Å². The summed E-state index contributed by atoms with van der Waals surface area (Å²) in [5.74, 6) is 1.71. The zero-order valence-electron chi connectivity index (χ0n) is 20.9. The maximum atomic E-state index is 13.4. The van der Waals surface area contributed by atoms with E-state index >= 15 is 0 Å². The highest BCUT2D eigenvalue weighted by Crippen LogP contribution is 2.50. The van der Waals surface area contributed by atoms with Crippen LogP contribution in [0, 0.1) is 11.8 Å². The molecule has 2 amide bonds. The monoisotopic (exact) mass is 493 g/mol. The van der Waals surface area contributed by atoms with Gasteiger partial charge in [-0.15, -0.1) is 0 Å². The summed E-state index contributed by atoms with van der Waals surface area (Å²) >= 11 is 6.45. The molecule has 2 heterocycles. The van der Waals surface area contributed by atoms with Crippen LogP contribution in [0.1, 0.15) is 54.4 Å². The molecule has 1 aliphatic carbocycles. The van der Waals surface area contributed by atoms with E-state index in [9.17, 15) is 9.59 Å². The molecule has 2 saturated heterocycles. The number of anilines is 1. The molecule has 5 rings (SSSR count). The van der Waals surface area contributed by atoms with Crippen LogP contribution >= 0.6 is 11.6 Å². The van der Waals surface area contributed by atoms with E-state index in [1.807, 2.05) is 36.4 Å². The van der Waals surface area contributed by atoms with Gasteiger partial charge in [0.2, 0.25) is 5.91 Å². The molecule has 0 radical (unpaired) electrons. The molecule has 3 aliphatic rings. The fourth-order valence-electron chi connectivity index (χ4n) is 6.13. The standard InChI is InChI=1S/C29H36ClN3O2/c1-31(2)27(34)25-9-8-24(20-26(25)30)32-16-10-21(11-17-32)22-12-18-33(19-13-22)28(35)29(14-15-29)23-6-4-3-5-7-23/h3-9,20-22H,10-19H2,1-2H3. The number of halogens is 1. The Morgan fingerprint density at radius 3 is 2.03 bits per heavy atom. The Morgan fingerprint density at radius 1 is 0.886 bits per heavy atom. The zero-order valence-corrected chi connectivity index (χ0v) is 21.6. The Bertz CT molecular complexity index is 1070. The van der Waals surface area contributed by atoms with E-state index in [-0.39, 0.29) is 11.3 Å². The summed E-state index contributed by atoms with van der Waals surface area (Å²) in [6.45, 7) is 3.82. The molecule has 2 aromatic rings. The van der Waals surface area contributed by atoms with Crippen molar-refractivity contribution in [3.63, 3.8) is 0 Å². The molecule has 6 heteroatoms. The molecule has 1 saturated carbocycles. The van der Waals surface area contributed by atoms with Crippen LogP contribution < -0.4 is 4.90 Å². The molecular weight excluding hydrogens is 458 g/mol. The number of carbonyl (C=O) groups excluding carboxylic acids is 2. The first-order chi connectivity index (χ1) is 16.9. The number of likely N-dealkylation sites (tertiary alicyclic amines) is 1. The third kappa shape index (κ3) is 4.80. The quantitative estimate of drug-likeness (QED) is 0.573. The van der Waals surface area contributed by atoms with E-state index in [2.05, 4.69) is 21.9 Å². The van der Waals surface area contributed by atoms with Gasteiger partial charge in [-0.2, -0.15) is 0 Å². The fourth-order valence-corrected chi connectivity index (χ4v) is 6.38. The Labute approximate surface area is 214 Å². The van der Waals surface area contributed by atoms with Crippen molar-refractivity contribution in [2.24, 2.45) is 11.8 Å². The summed E-state index contributed by atoms with van der Waals surface area (Å²) in [4.78, 5) is 31.7. The minimum Gasteiger partial charge on any atom is -0.371 e. The van der Waals surface area contributed by atoms with Gasteiger partial charge in [-0.25, -0.2) is 0 Å². The average Bonchev–Trinajstić information content (AvgIpc) is 3.71. The number of carbonyl (C=O) groups is 2. The summed E-state index contributed by atoms with van der Waals surface area (Å²) in [5.41, 5.74) is 2.60. The first kappa shape index (κ1) is 24.2. The molecule has 0 atom stereocenters. The smallest absolute Gasteiger partial charge is 0.254 e. The van der Waals surface area contributed by atoms with Crippen LogP contribution in [0.4, 0.5) is 5.69 Å². The minimum atomic E-state index is -0.243. The molecule has 0 unspecified atom stereocenters. The maximum Gasteiger partial charge on any atom is 0.254 e. The summed E-state index contributed by atoms with van der Waals surface area (Å²) in [6, 6.07) is 16.2. The Hall–Kier alpha value is -2.53. The fraction of sp³-hybridized carbons (Fsp3) is 0.517. The maximum absolute atomic E-state index is 13.4. The van der Waals surface area contributed by atoms with Crippen molar-refractivity contribution >= 4 is 29.1 Å². The second-order valence-corrected chi connectivity index (χ2v) is 11.2. The van der Waals surface area contributed by atoms with Gasteiger partial charge in [0.15, 0.2) is 0 Å². The van der Waals surface area contributed by atoms with Crippen molar-refractivity contribution in [1.82, 2.24) is 9.80 Å². The average molecular weight is 494 g/mol. The molecule has 186 valence electrons. The van der Waals surface area contributed by atoms with Crippen molar-refractivity contribution in [1.29, 1.82) is 0 Å². The Balaban J connectivity index is 1.13. The highest BCUT2D eigenvalue weighted by molar-refractivity contribution is 6.34. The third-order valence-electron chi connectivity index (χ3n) is 8.47. The van der Waals surface area contributed by atoms with Gasteiger partial charge in [0.1, 0.15) is 0 Å². The van der Waals surface area contributed by atoms with Crippen LogP contribution in [0.2, 0.25) is 5.02 Å². The number of benzene rings is 2. The zero-order chi connectivity index (χ0) is 24.6. The van der Waals surface area contributed by atoms with Crippen molar-refractivity contribution in [2.75, 3.05) is 45.2 Å². The Kier molecular flexibility index (Phi) is 6.80. The van der Waals surface area contributed by atoms with Crippen LogP contribution in [0.3, 0.4) is 0 Å². The van der Waals surface area contributed by atoms with Gasteiger partial charge in [-0.3, -0.25) is 9.59 Å².